The monoisotopic (exact) mass is 310 g/mol. The number of hydrogen-bond acceptors (Lipinski definition) is 4. The topological polar surface area (TPSA) is 34.1 Å². The van der Waals surface area contributed by atoms with Gasteiger partial charge >= 0.3 is 0 Å². The summed E-state index contributed by atoms with van der Waals surface area (Å²) < 4.78 is 5.39. The zero-order valence-electron chi connectivity index (χ0n) is 12.4. The highest BCUT2D eigenvalue weighted by Crippen LogP contribution is 2.34. The molecule has 0 saturated heterocycles. The van der Waals surface area contributed by atoms with E-state index in [1.807, 2.05) is 26.0 Å². The normalized spacial score (nSPS) is 12.3. The number of halogens is 1. The van der Waals surface area contributed by atoms with Crippen molar-refractivity contribution in [3.05, 3.63) is 38.3 Å². The molecule has 1 aromatic heterocycles. The molecule has 0 aliphatic rings. The van der Waals surface area contributed by atoms with E-state index in [2.05, 4.69) is 24.1 Å². The number of methoxy groups -OCH3 is 1. The van der Waals surface area contributed by atoms with Gasteiger partial charge in [-0.05, 0) is 39.3 Å². The summed E-state index contributed by atoms with van der Waals surface area (Å²) in [6, 6.07) is 3.96. The van der Waals surface area contributed by atoms with Crippen LogP contribution in [0.25, 0.3) is 0 Å². The highest BCUT2D eigenvalue weighted by atomic mass is 35.5. The van der Waals surface area contributed by atoms with Crippen molar-refractivity contribution in [2.24, 2.45) is 0 Å². The highest BCUT2D eigenvalue weighted by molar-refractivity contribution is 7.11. The van der Waals surface area contributed by atoms with Crippen LogP contribution in [0, 0.1) is 20.8 Å². The molecular formula is C15H19ClN2OS. The van der Waals surface area contributed by atoms with Crippen molar-refractivity contribution in [3.8, 4) is 5.75 Å². The van der Waals surface area contributed by atoms with Crippen LogP contribution in [0.1, 0.15) is 34.1 Å². The second kappa shape index (κ2) is 6.02. The largest absolute Gasteiger partial charge is 0.495 e. The lowest BCUT2D eigenvalue weighted by Gasteiger charge is -2.18. The maximum Gasteiger partial charge on any atom is 0.143 e. The Kier molecular flexibility index (Phi) is 4.55. The van der Waals surface area contributed by atoms with Crippen LogP contribution in [-0.4, -0.2) is 12.1 Å². The van der Waals surface area contributed by atoms with Crippen LogP contribution in [-0.2, 0) is 0 Å². The van der Waals surface area contributed by atoms with E-state index in [-0.39, 0.29) is 6.04 Å². The first-order valence-corrected chi connectivity index (χ1v) is 7.66. The molecule has 1 atom stereocenters. The molecular weight excluding hydrogens is 292 g/mol. The van der Waals surface area contributed by atoms with Gasteiger partial charge in [-0.15, -0.1) is 11.3 Å². The Morgan fingerprint density at radius 2 is 2.00 bits per heavy atom. The number of nitrogens with one attached hydrogen (secondary N) is 1. The first-order chi connectivity index (χ1) is 9.42. The number of rotatable bonds is 4. The second-order valence-electron chi connectivity index (χ2n) is 4.84. The third-order valence-electron chi connectivity index (χ3n) is 3.20. The lowest BCUT2D eigenvalue weighted by Crippen LogP contribution is -2.09. The molecule has 1 aromatic carbocycles. The molecule has 20 heavy (non-hydrogen) atoms. The lowest BCUT2D eigenvalue weighted by atomic mass is 10.1. The Balaban J connectivity index is 2.29. The highest BCUT2D eigenvalue weighted by Gasteiger charge is 2.15. The Hall–Kier alpha value is -1.26. The van der Waals surface area contributed by atoms with Gasteiger partial charge in [-0.1, -0.05) is 11.6 Å². The van der Waals surface area contributed by atoms with Crippen LogP contribution >= 0.6 is 22.9 Å². The fourth-order valence-corrected chi connectivity index (χ4v) is 3.26. The molecule has 0 fully saturated rings. The number of aryl methyl sites for hydroxylation is 3. The number of thiazole rings is 1. The summed E-state index contributed by atoms with van der Waals surface area (Å²) in [4.78, 5) is 5.83. The first-order valence-electron chi connectivity index (χ1n) is 6.47. The zero-order chi connectivity index (χ0) is 14.9. The third-order valence-corrected chi connectivity index (χ3v) is 4.51. The average Bonchev–Trinajstić information content (AvgIpc) is 2.72. The molecule has 3 nitrogen and oxygen atoms in total. The summed E-state index contributed by atoms with van der Waals surface area (Å²) in [5.41, 5.74) is 3.04. The quantitative estimate of drug-likeness (QED) is 0.871. The van der Waals surface area contributed by atoms with E-state index in [4.69, 9.17) is 16.3 Å². The van der Waals surface area contributed by atoms with Crippen molar-refractivity contribution in [1.29, 1.82) is 0 Å². The Bertz CT molecular complexity index is 625. The Labute approximate surface area is 129 Å². The molecule has 108 valence electrons. The second-order valence-corrected chi connectivity index (χ2v) is 6.66. The molecule has 1 N–H and O–H groups in total. The van der Waals surface area contributed by atoms with Crippen molar-refractivity contribution >= 4 is 28.6 Å². The van der Waals surface area contributed by atoms with Crippen LogP contribution in [0.5, 0.6) is 5.75 Å². The van der Waals surface area contributed by atoms with Gasteiger partial charge < -0.3 is 10.1 Å². The van der Waals surface area contributed by atoms with Gasteiger partial charge in [-0.3, -0.25) is 0 Å². The lowest BCUT2D eigenvalue weighted by molar-refractivity contribution is 0.416. The van der Waals surface area contributed by atoms with Gasteiger partial charge in [-0.25, -0.2) is 4.98 Å². The maximum absolute atomic E-state index is 6.13. The number of aromatic nitrogens is 1. The summed E-state index contributed by atoms with van der Waals surface area (Å²) in [6.07, 6.45) is 0. The van der Waals surface area contributed by atoms with E-state index in [1.54, 1.807) is 18.4 Å². The van der Waals surface area contributed by atoms with E-state index in [9.17, 15) is 0 Å². The van der Waals surface area contributed by atoms with Crippen molar-refractivity contribution in [1.82, 2.24) is 4.98 Å². The molecule has 0 aliphatic heterocycles. The Morgan fingerprint density at radius 3 is 2.55 bits per heavy atom. The van der Waals surface area contributed by atoms with Gasteiger partial charge in [0.15, 0.2) is 0 Å². The maximum atomic E-state index is 6.13. The van der Waals surface area contributed by atoms with Gasteiger partial charge in [0, 0.05) is 16.0 Å². The van der Waals surface area contributed by atoms with Crippen molar-refractivity contribution in [2.45, 2.75) is 33.7 Å². The van der Waals surface area contributed by atoms with Gasteiger partial charge in [-0.2, -0.15) is 0 Å². The van der Waals surface area contributed by atoms with Crippen LogP contribution in [0.2, 0.25) is 5.02 Å². The first kappa shape index (κ1) is 15.1. The molecule has 0 spiro atoms. The molecule has 0 saturated carbocycles. The van der Waals surface area contributed by atoms with Crippen molar-refractivity contribution in [2.75, 3.05) is 12.4 Å². The van der Waals surface area contributed by atoms with E-state index in [0.717, 1.165) is 27.7 Å². The fourth-order valence-electron chi connectivity index (χ4n) is 2.19. The minimum absolute atomic E-state index is 0.120. The predicted octanol–water partition coefficient (Wildman–Crippen LogP) is 4.90. The van der Waals surface area contributed by atoms with Gasteiger partial charge in [0.05, 0.1) is 29.5 Å². The summed E-state index contributed by atoms with van der Waals surface area (Å²) in [7, 11) is 1.65. The minimum Gasteiger partial charge on any atom is -0.495 e. The van der Waals surface area contributed by atoms with Gasteiger partial charge in [0.1, 0.15) is 5.75 Å². The fraction of sp³-hybridized carbons (Fsp3) is 0.400. The predicted molar refractivity (Wildman–Crippen MR) is 86.4 cm³/mol. The summed E-state index contributed by atoms with van der Waals surface area (Å²) in [6.45, 7) is 8.21. The number of benzene rings is 1. The molecule has 0 amide bonds. The van der Waals surface area contributed by atoms with Crippen molar-refractivity contribution < 1.29 is 4.74 Å². The van der Waals surface area contributed by atoms with Gasteiger partial charge in [0.2, 0.25) is 0 Å². The van der Waals surface area contributed by atoms with E-state index in [0.29, 0.717) is 5.02 Å². The molecule has 0 radical (unpaired) electrons. The van der Waals surface area contributed by atoms with Gasteiger partial charge in [0.25, 0.3) is 0 Å². The number of ether oxygens (including phenoxy) is 1. The van der Waals surface area contributed by atoms with Crippen molar-refractivity contribution in [3.63, 3.8) is 0 Å². The third kappa shape index (κ3) is 3.07. The smallest absolute Gasteiger partial charge is 0.143 e. The molecule has 2 rings (SSSR count). The standard InChI is InChI=1S/C15H19ClN2OS/c1-8-6-13(14(19-5)7-12(8)16)17-9(2)15-10(3)20-11(4)18-15/h6-7,9,17H,1-5H3. The van der Waals surface area contributed by atoms with E-state index >= 15 is 0 Å². The molecule has 2 aromatic rings. The molecule has 0 aliphatic carbocycles. The minimum atomic E-state index is 0.120. The van der Waals surface area contributed by atoms with Crippen LogP contribution < -0.4 is 10.1 Å². The summed E-state index contributed by atoms with van der Waals surface area (Å²) >= 11 is 7.85. The van der Waals surface area contributed by atoms with Crippen LogP contribution in [0.4, 0.5) is 5.69 Å². The van der Waals surface area contributed by atoms with E-state index in [1.165, 1.54) is 4.88 Å². The number of hydrogen-bond donors (Lipinski definition) is 1. The summed E-state index contributed by atoms with van der Waals surface area (Å²) in [5.74, 6) is 0.747. The average molecular weight is 311 g/mol. The zero-order valence-corrected chi connectivity index (χ0v) is 13.9. The molecule has 0 bridgehead atoms. The molecule has 1 heterocycles. The number of nitrogens with zero attached hydrogens (tertiary/aromatic N) is 1. The summed E-state index contributed by atoms with van der Waals surface area (Å²) in [5, 5.41) is 5.26. The SMILES string of the molecule is COc1cc(Cl)c(C)cc1NC(C)c1nc(C)sc1C. The van der Waals surface area contributed by atoms with E-state index < -0.39 is 0 Å². The molecule has 1 unspecified atom stereocenters. The van der Waals surface area contributed by atoms with Crippen LogP contribution in [0.3, 0.4) is 0 Å². The Morgan fingerprint density at radius 1 is 1.30 bits per heavy atom. The van der Waals surface area contributed by atoms with Crippen LogP contribution in [0.15, 0.2) is 12.1 Å². The number of anilines is 1. The molecule has 5 heteroatoms.